The highest BCUT2D eigenvalue weighted by molar-refractivity contribution is 9.10. The molecule has 2 nitrogen and oxygen atoms in total. The van der Waals surface area contributed by atoms with Gasteiger partial charge in [-0.2, -0.15) is 0 Å². The first-order chi connectivity index (χ1) is 16.6. The van der Waals surface area contributed by atoms with E-state index in [0.29, 0.717) is 0 Å². The number of rotatable bonds is 6. The van der Waals surface area contributed by atoms with Crippen LogP contribution in [-0.4, -0.2) is 14.2 Å². The highest BCUT2D eigenvalue weighted by Crippen LogP contribution is 2.28. The van der Waals surface area contributed by atoms with Crippen LogP contribution in [0.15, 0.2) is 117 Å². The van der Waals surface area contributed by atoms with Crippen molar-refractivity contribution in [3.63, 3.8) is 0 Å². The Hall–Kier alpha value is -3.26. The third kappa shape index (κ3) is 5.80. The average Bonchev–Trinajstić information content (AvgIpc) is 2.88. The van der Waals surface area contributed by atoms with Gasteiger partial charge in [0, 0.05) is 20.1 Å². The van der Waals surface area contributed by atoms with Crippen LogP contribution in [0.3, 0.4) is 0 Å². The Bertz CT molecular complexity index is 1250. The molecule has 0 aromatic heterocycles. The second kappa shape index (κ2) is 11.2. The molecule has 0 saturated heterocycles. The molecule has 34 heavy (non-hydrogen) atoms. The van der Waals surface area contributed by atoms with Gasteiger partial charge in [0.15, 0.2) is 0 Å². The maximum Gasteiger partial charge on any atom is 0.118 e. The lowest BCUT2D eigenvalue weighted by molar-refractivity contribution is 0.414. The van der Waals surface area contributed by atoms with Gasteiger partial charge >= 0.3 is 0 Å². The van der Waals surface area contributed by atoms with Crippen molar-refractivity contribution in [3.05, 3.63) is 140 Å². The molecule has 0 saturated carbocycles. The van der Waals surface area contributed by atoms with E-state index < -0.39 is 0 Å². The molecule has 0 aliphatic carbocycles. The summed E-state index contributed by atoms with van der Waals surface area (Å²) < 4.78 is 12.7. The summed E-state index contributed by atoms with van der Waals surface area (Å²) in [6.07, 6.45) is 0. The van der Waals surface area contributed by atoms with Gasteiger partial charge in [-0.1, -0.05) is 91.9 Å². The Balaban J connectivity index is 1.98. The van der Waals surface area contributed by atoms with E-state index in [1.54, 1.807) is 14.2 Å². The molecule has 0 spiro atoms. The standard InChI is InChI=1S/C30H22Br2O2/c1-33-27-15-7-23(8-16-27)29(21-3-11-25(31)12-4-21)19-20-30(22-5-13-26(32)14-6-22)24-9-17-28(34-2)18-10-24/h3-18H,1-2H3. The zero-order valence-electron chi connectivity index (χ0n) is 18.8. The van der Waals surface area contributed by atoms with E-state index in [2.05, 4.69) is 67.6 Å². The fourth-order valence-electron chi connectivity index (χ4n) is 3.50. The largest absolute Gasteiger partial charge is 0.497 e. The molecule has 0 atom stereocenters. The van der Waals surface area contributed by atoms with E-state index in [1.807, 2.05) is 72.8 Å². The van der Waals surface area contributed by atoms with Gasteiger partial charge in [-0.15, -0.1) is 0 Å². The highest BCUT2D eigenvalue weighted by atomic mass is 79.9. The third-order valence-electron chi connectivity index (χ3n) is 5.34. The number of hydrogen-bond donors (Lipinski definition) is 0. The molecule has 0 bridgehead atoms. The van der Waals surface area contributed by atoms with E-state index in [4.69, 9.17) is 9.47 Å². The summed E-state index contributed by atoms with van der Waals surface area (Å²) in [6.45, 7) is 0. The minimum atomic E-state index is 0.812. The van der Waals surface area contributed by atoms with Crippen LogP contribution in [0.1, 0.15) is 22.3 Å². The molecule has 0 N–H and O–H groups in total. The lowest BCUT2D eigenvalue weighted by atomic mass is 9.96. The molecule has 0 fully saturated rings. The summed E-state index contributed by atoms with van der Waals surface area (Å²) in [4.78, 5) is 0. The van der Waals surface area contributed by atoms with Gasteiger partial charge in [0.25, 0.3) is 0 Å². The monoisotopic (exact) mass is 572 g/mol. The minimum Gasteiger partial charge on any atom is -0.497 e. The summed E-state index contributed by atoms with van der Waals surface area (Å²) >= 11 is 7.06. The second-order valence-corrected chi connectivity index (χ2v) is 9.30. The van der Waals surface area contributed by atoms with Crippen molar-refractivity contribution in [3.8, 4) is 11.5 Å². The Morgan fingerprint density at radius 2 is 0.735 bits per heavy atom. The summed E-state index contributed by atoms with van der Waals surface area (Å²) in [6, 6.07) is 32.4. The number of hydrogen-bond acceptors (Lipinski definition) is 2. The van der Waals surface area contributed by atoms with E-state index in [1.165, 1.54) is 0 Å². The van der Waals surface area contributed by atoms with Crippen LogP contribution in [0.25, 0.3) is 11.1 Å². The predicted octanol–water partition coefficient (Wildman–Crippen LogP) is 8.55. The molecular weight excluding hydrogens is 552 g/mol. The lowest BCUT2D eigenvalue weighted by Gasteiger charge is -2.08. The predicted molar refractivity (Wildman–Crippen MR) is 146 cm³/mol. The molecule has 4 aromatic rings. The van der Waals surface area contributed by atoms with Crippen molar-refractivity contribution in [1.82, 2.24) is 0 Å². The lowest BCUT2D eigenvalue weighted by Crippen LogP contribution is -1.89. The van der Waals surface area contributed by atoms with Gasteiger partial charge in [0.1, 0.15) is 11.5 Å². The summed E-state index contributed by atoms with van der Waals surface area (Å²) in [5.41, 5.74) is 13.0. The Morgan fingerprint density at radius 3 is 1.00 bits per heavy atom. The van der Waals surface area contributed by atoms with E-state index in [-0.39, 0.29) is 0 Å². The molecule has 0 aliphatic rings. The zero-order chi connectivity index (χ0) is 23.9. The number of halogens is 2. The molecule has 4 rings (SSSR count). The maximum atomic E-state index is 5.34. The van der Waals surface area contributed by atoms with Crippen LogP contribution in [0.2, 0.25) is 0 Å². The second-order valence-electron chi connectivity index (χ2n) is 7.47. The minimum absolute atomic E-state index is 0.812. The Kier molecular flexibility index (Phi) is 7.90. The molecular formula is C30H22Br2O2. The van der Waals surface area contributed by atoms with E-state index in [0.717, 1.165) is 53.8 Å². The van der Waals surface area contributed by atoms with Crippen molar-refractivity contribution in [2.75, 3.05) is 14.2 Å². The molecule has 168 valence electrons. The first-order valence-electron chi connectivity index (χ1n) is 10.6. The van der Waals surface area contributed by atoms with Crippen LogP contribution in [-0.2, 0) is 0 Å². The van der Waals surface area contributed by atoms with E-state index in [9.17, 15) is 0 Å². The Labute approximate surface area is 217 Å². The van der Waals surface area contributed by atoms with Crippen LogP contribution < -0.4 is 9.47 Å². The zero-order valence-corrected chi connectivity index (χ0v) is 22.0. The topological polar surface area (TPSA) is 18.5 Å². The summed E-state index contributed by atoms with van der Waals surface area (Å²) in [5, 5.41) is 0. The number of ether oxygens (including phenoxy) is 2. The molecule has 0 radical (unpaired) electrons. The molecule has 0 unspecified atom stereocenters. The van der Waals surface area contributed by atoms with Gasteiger partial charge in [0.05, 0.1) is 14.2 Å². The highest BCUT2D eigenvalue weighted by Gasteiger charge is 2.08. The first kappa shape index (κ1) is 23.9. The van der Waals surface area contributed by atoms with Crippen LogP contribution in [0.4, 0.5) is 0 Å². The molecule has 0 heterocycles. The molecule has 4 aromatic carbocycles. The van der Waals surface area contributed by atoms with Gasteiger partial charge < -0.3 is 9.47 Å². The SMILES string of the molecule is COc1ccc(C(=C=C=C(c2ccc(Br)cc2)c2ccc(OC)cc2)c2ccc(Br)cc2)cc1. The van der Waals surface area contributed by atoms with Crippen molar-refractivity contribution >= 4 is 43.0 Å². The first-order valence-corrected chi connectivity index (χ1v) is 12.2. The van der Waals surface area contributed by atoms with Crippen molar-refractivity contribution < 1.29 is 9.47 Å². The van der Waals surface area contributed by atoms with Gasteiger partial charge in [-0.25, -0.2) is 0 Å². The van der Waals surface area contributed by atoms with Gasteiger partial charge in [-0.05, 0) is 70.8 Å². The molecule has 4 heteroatoms. The van der Waals surface area contributed by atoms with Gasteiger partial charge in [0.2, 0.25) is 0 Å². The van der Waals surface area contributed by atoms with Crippen molar-refractivity contribution in [2.45, 2.75) is 0 Å². The maximum absolute atomic E-state index is 5.34. The van der Waals surface area contributed by atoms with E-state index >= 15 is 0 Å². The third-order valence-corrected chi connectivity index (χ3v) is 6.39. The fourth-order valence-corrected chi connectivity index (χ4v) is 4.02. The molecule has 0 aliphatic heterocycles. The summed E-state index contributed by atoms with van der Waals surface area (Å²) in [7, 11) is 3.34. The van der Waals surface area contributed by atoms with Gasteiger partial charge in [-0.3, -0.25) is 0 Å². The Morgan fingerprint density at radius 1 is 0.471 bits per heavy atom. The molecule has 0 amide bonds. The summed E-state index contributed by atoms with van der Waals surface area (Å²) in [5.74, 6) is 1.62. The smallest absolute Gasteiger partial charge is 0.118 e. The number of benzene rings is 4. The normalized spacial score (nSPS) is 10.1. The van der Waals surface area contributed by atoms with Crippen LogP contribution in [0, 0.1) is 0 Å². The fraction of sp³-hybridized carbons (Fsp3) is 0.0667. The van der Waals surface area contributed by atoms with Crippen molar-refractivity contribution in [1.29, 1.82) is 0 Å². The quantitative estimate of drug-likeness (QED) is 0.215. The van der Waals surface area contributed by atoms with Crippen LogP contribution in [0.5, 0.6) is 11.5 Å². The van der Waals surface area contributed by atoms with Crippen molar-refractivity contribution in [2.24, 2.45) is 0 Å². The average molecular weight is 574 g/mol. The number of methoxy groups -OCH3 is 2. The van der Waals surface area contributed by atoms with Crippen LogP contribution >= 0.6 is 31.9 Å².